The minimum atomic E-state index is 0.938. The van der Waals surface area contributed by atoms with E-state index in [1.54, 1.807) is 0 Å². The van der Waals surface area contributed by atoms with Crippen molar-refractivity contribution in [3.63, 3.8) is 0 Å². The van der Waals surface area contributed by atoms with Gasteiger partial charge in [0.15, 0.2) is 0 Å². The number of fused-ring (bicyclic) bond motifs is 1. The second-order valence-electron chi connectivity index (χ2n) is 8.04. The van der Waals surface area contributed by atoms with Crippen molar-refractivity contribution in [3.8, 4) is 5.69 Å². The fraction of sp³-hybridized carbons (Fsp3) is 0.0690. The summed E-state index contributed by atoms with van der Waals surface area (Å²) in [6.45, 7) is 4.19. The molecule has 5 aromatic rings. The number of aliphatic imine (C=N–C) groups is 1. The van der Waals surface area contributed by atoms with Gasteiger partial charge in [0.05, 0.1) is 17.6 Å². The molecule has 0 spiro atoms. The maximum Gasteiger partial charge on any atom is 0.123 e. The molecule has 1 aromatic heterocycles. The van der Waals surface area contributed by atoms with E-state index < -0.39 is 0 Å². The van der Waals surface area contributed by atoms with Crippen LogP contribution in [-0.2, 0) is 0 Å². The zero-order valence-corrected chi connectivity index (χ0v) is 18.3. The highest BCUT2D eigenvalue weighted by Crippen LogP contribution is 2.35. The first-order valence-electron chi connectivity index (χ1n) is 10.8. The Morgan fingerprint density at radius 1 is 0.656 bits per heavy atom. The summed E-state index contributed by atoms with van der Waals surface area (Å²) in [4.78, 5) is 4.81. The molecule has 32 heavy (non-hydrogen) atoms. The Balaban J connectivity index is 1.71. The molecular weight excluding hydrogens is 390 g/mol. The number of aromatic nitrogens is 1. The van der Waals surface area contributed by atoms with Crippen molar-refractivity contribution in [2.75, 3.05) is 5.32 Å². The van der Waals surface area contributed by atoms with Gasteiger partial charge in [-0.2, -0.15) is 0 Å². The predicted molar refractivity (Wildman–Crippen MR) is 136 cm³/mol. The first-order valence-corrected chi connectivity index (χ1v) is 10.8. The standard InChI is InChI=1S/C29H25N3/c1-21-12-16-23(17-13-21)30-20-28-26-10-6-7-11-27(26)29(31-24-18-14-22(2)15-19-24)32(28)25-8-4-3-5-9-25/h3-20,31H,1-2H3. The summed E-state index contributed by atoms with van der Waals surface area (Å²) in [6.07, 6.45) is 1.97. The van der Waals surface area contributed by atoms with Crippen LogP contribution in [-0.4, -0.2) is 10.8 Å². The fourth-order valence-electron chi connectivity index (χ4n) is 3.91. The zero-order chi connectivity index (χ0) is 21.9. The molecule has 3 nitrogen and oxygen atoms in total. The van der Waals surface area contributed by atoms with Crippen LogP contribution in [0, 0.1) is 13.8 Å². The quantitative estimate of drug-likeness (QED) is 0.292. The third-order valence-corrected chi connectivity index (χ3v) is 5.62. The molecule has 1 N–H and O–H groups in total. The van der Waals surface area contributed by atoms with Crippen LogP contribution in [0.15, 0.2) is 108 Å². The Morgan fingerprint density at radius 3 is 1.94 bits per heavy atom. The van der Waals surface area contributed by atoms with E-state index in [1.165, 1.54) is 11.1 Å². The molecule has 0 amide bonds. The molecule has 0 bridgehead atoms. The number of nitrogens with one attached hydrogen (secondary N) is 1. The summed E-state index contributed by atoms with van der Waals surface area (Å²) in [5.41, 5.74) is 6.59. The maximum absolute atomic E-state index is 4.81. The van der Waals surface area contributed by atoms with Gasteiger partial charge in [-0.3, -0.25) is 9.56 Å². The summed E-state index contributed by atoms with van der Waals surface area (Å²) >= 11 is 0. The van der Waals surface area contributed by atoms with Crippen molar-refractivity contribution >= 4 is 34.2 Å². The van der Waals surface area contributed by atoms with Gasteiger partial charge < -0.3 is 5.32 Å². The first kappa shape index (κ1) is 19.8. The summed E-state index contributed by atoms with van der Waals surface area (Å²) in [5, 5.41) is 5.98. The van der Waals surface area contributed by atoms with Crippen LogP contribution in [0.1, 0.15) is 16.8 Å². The van der Waals surface area contributed by atoms with Gasteiger partial charge in [-0.05, 0) is 50.2 Å². The van der Waals surface area contributed by atoms with Gasteiger partial charge in [-0.15, -0.1) is 0 Å². The molecule has 0 atom stereocenters. The Labute approximate surface area is 188 Å². The van der Waals surface area contributed by atoms with E-state index >= 15 is 0 Å². The van der Waals surface area contributed by atoms with Gasteiger partial charge in [-0.1, -0.05) is 77.9 Å². The number of aryl methyl sites for hydroxylation is 2. The molecule has 5 rings (SSSR count). The average molecular weight is 416 g/mol. The van der Waals surface area contributed by atoms with Crippen molar-refractivity contribution in [2.24, 2.45) is 4.99 Å². The topological polar surface area (TPSA) is 29.3 Å². The SMILES string of the molecule is Cc1ccc(N=Cc2c3ccccc3c(Nc3ccc(C)cc3)n2-c2ccccc2)cc1. The molecule has 4 aromatic carbocycles. The third kappa shape index (κ3) is 3.93. The highest BCUT2D eigenvalue weighted by Gasteiger charge is 2.17. The van der Waals surface area contributed by atoms with Gasteiger partial charge >= 0.3 is 0 Å². The normalized spacial score (nSPS) is 11.3. The van der Waals surface area contributed by atoms with Crippen LogP contribution in [0.2, 0.25) is 0 Å². The van der Waals surface area contributed by atoms with Gasteiger partial charge in [0.25, 0.3) is 0 Å². The third-order valence-electron chi connectivity index (χ3n) is 5.62. The fourth-order valence-corrected chi connectivity index (χ4v) is 3.91. The smallest absolute Gasteiger partial charge is 0.123 e. The summed E-state index contributed by atoms with van der Waals surface area (Å²) in [5.74, 6) is 1.03. The molecule has 0 fully saturated rings. The monoisotopic (exact) mass is 415 g/mol. The van der Waals surface area contributed by atoms with E-state index in [1.807, 2.05) is 12.3 Å². The summed E-state index contributed by atoms with van der Waals surface area (Å²) in [7, 11) is 0. The minimum absolute atomic E-state index is 0.938. The molecule has 0 aliphatic heterocycles. The van der Waals surface area contributed by atoms with Crippen molar-refractivity contribution < 1.29 is 0 Å². The van der Waals surface area contributed by atoms with Crippen molar-refractivity contribution in [3.05, 3.63) is 120 Å². The molecule has 0 unspecified atom stereocenters. The number of anilines is 2. The summed E-state index contributed by atoms with van der Waals surface area (Å²) in [6, 6.07) is 35.7. The van der Waals surface area contributed by atoms with Crippen molar-refractivity contribution in [1.82, 2.24) is 4.57 Å². The Hall–Kier alpha value is -4.11. The Bertz CT molecular complexity index is 1380. The van der Waals surface area contributed by atoms with E-state index in [0.29, 0.717) is 0 Å². The molecule has 0 radical (unpaired) electrons. The van der Waals surface area contributed by atoms with Gasteiger partial charge in [0.2, 0.25) is 0 Å². The lowest BCUT2D eigenvalue weighted by Crippen LogP contribution is -2.04. The lowest BCUT2D eigenvalue weighted by molar-refractivity contribution is 1.08. The average Bonchev–Trinajstić information content (AvgIpc) is 3.14. The second-order valence-corrected chi connectivity index (χ2v) is 8.04. The zero-order valence-electron chi connectivity index (χ0n) is 18.3. The van der Waals surface area contributed by atoms with Crippen molar-refractivity contribution in [1.29, 1.82) is 0 Å². The number of para-hydroxylation sites is 1. The lowest BCUT2D eigenvalue weighted by atomic mass is 10.1. The molecule has 156 valence electrons. The Kier molecular flexibility index (Phi) is 5.30. The predicted octanol–water partition coefficient (Wildman–Crippen LogP) is 7.74. The molecule has 0 saturated heterocycles. The highest BCUT2D eigenvalue weighted by atomic mass is 15.1. The van der Waals surface area contributed by atoms with Crippen LogP contribution in [0.4, 0.5) is 17.2 Å². The Morgan fingerprint density at radius 2 is 1.25 bits per heavy atom. The van der Waals surface area contributed by atoms with Gasteiger partial charge in [0, 0.05) is 22.1 Å². The number of nitrogens with zero attached hydrogens (tertiary/aromatic N) is 2. The van der Waals surface area contributed by atoms with Gasteiger partial charge in [-0.25, -0.2) is 0 Å². The molecule has 0 aliphatic carbocycles. The van der Waals surface area contributed by atoms with Crippen molar-refractivity contribution in [2.45, 2.75) is 13.8 Å². The minimum Gasteiger partial charge on any atom is -0.341 e. The van der Waals surface area contributed by atoms with E-state index in [0.717, 1.165) is 39.3 Å². The molecule has 1 heterocycles. The van der Waals surface area contributed by atoms with Crippen LogP contribution < -0.4 is 5.32 Å². The number of rotatable bonds is 5. The van der Waals surface area contributed by atoms with E-state index in [-0.39, 0.29) is 0 Å². The highest BCUT2D eigenvalue weighted by molar-refractivity contribution is 6.07. The molecule has 0 aliphatic rings. The number of hydrogen-bond donors (Lipinski definition) is 1. The second kappa shape index (κ2) is 8.56. The maximum atomic E-state index is 4.81. The van der Waals surface area contributed by atoms with Crippen LogP contribution in [0.3, 0.4) is 0 Å². The molecule has 0 saturated carbocycles. The summed E-state index contributed by atoms with van der Waals surface area (Å²) < 4.78 is 2.25. The first-order chi connectivity index (χ1) is 15.7. The number of benzene rings is 4. The van der Waals surface area contributed by atoms with E-state index in [9.17, 15) is 0 Å². The van der Waals surface area contributed by atoms with Crippen LogP contribution in [0.5, 0.6) is 0 Å². The largest absolute Gasteiger partial charge is 0.341 e. The number of hydrogen-bond acceptors (Lipinski definition) is 2. The molecular formula is C29H25N3. The van der Waals surface area contributed by atoms with Gasteiger partial charge in [0.1, 0.15) is 5.82 Å². The molecule has 3 heteroatoms. The van der Waals surface area contributed by atoms with Crippen LogP contribution >= 0.6 is 0 Å². The van der Waals surface area contributed by atoms with E-state index in [4.69, 9.17) is 4.99 Å². The van der Waals surface area contributed by atoms with Crippen LogP contribution in [0.25, 0.3) is 16.5 Å². The lowest BCUT2D eigenvalue weighted by Gasteiger charge is -2.14. The van der Waals surface area contributed by atoms with E-state index in [2.05, 4.69) is 121 Å².